The van der Waals surface area contributed by atoms with Crippen LogP contribution in [0.25, 0.3) is 11.1 Å². The predicted octanol–water partition coefficient (Wildman–Crippen LogP) is 6.08. The molecule has 0 fully saturated rings. The van der Waals surface area contributed by atoms with Crippen molar-refractivity contribution in [3.05, 3.63) is 47.0 Å². The van der Waals surface area contributed by atoms with Crippen molar-refractivity contribution in [2.24, 2.45) is 0 Å². The summed E-state index contributed by atoms with van der Waals surface area (Å²) < 4.78 is 11.4. The van der Waals surface area contributed by atoms with E-state index in [0.717, 1.165) is 53.5 Å². The third kappa shape index (κ3) is 3.55. The molecule has 0 saturated heterocycles. The Morgan fingerprint density at radius 2 is 1.96 bits per heavy atom. The molecule has 0 radical (unpaired) electrons. The van der Waals surface area contributed by atoms with Crippen LogP contribution in [0.2, 0.25) is 0 Å². The van der Waals surface area contributed by atoms with E-state index < -0.39 is 11.8 Å². The van der Waals surface area contributed by atoms with Gasteiger partial charge in [-0.3, -0.25) is 0 Å². The number of hydrogen-bond acceptors (Lipinski definition) is 3. The summed E-state index contributed by atoms with van der Waals surface area (Å²) >= 11 is 0. The molecule has 26 heavy (non-hydrogen) atoms. The lowest BCUT2D eigenvalue weighted by molar-refractivity contribution is 0.105. The van der Waals surface area contributed by atoms with Gasteiger partial charge in [0.15, 0.2) is 0 Å². The van der Waals surface area contributed by atoms with E-state index in [1.807, 2.05) is 45.0 Å². The zero-order valence-electron chi connectivity index (χ0n) is 15.9. The van der Waals surface area contributed by atoms with Gasteiger partial charge in [0.25, 0.3) is 0 Å². The van der Waals surface area contributed by atoms with E-state index in [2.05, 4.69) is 13.0 Å². The highest BCUT2D eigenvalue weighted by atomic mass is 16.7. The summed E-state index contributed by atoms with van der Waals surface area (Å²) in [6, 6.07) is 10.0. The summed E-state index contributed by atoms with van der Waals surface area (Å²) in [6.07, 6.45) is 2.90. The Morgan fingerprint density at radius 3 is 2.65 bits per heavy atom. The SMILES string of the molecule is CCCCCc1cc(OC(=O)O)c2c(c1)OC(C)(C)c1ccc(C)cc1-2. The normalized spacial score (nSPS) is 14.2. The molecule has 0 aliphatic carbocycles. The quantitative estimate of drug-likeness (QED) is 0.402. The molecule has 0 aromatic heterocycles. The summed E-state index contributed by atoms with van der Waals surface area (Å²) in [5.74, 6) is 1.04. The molecular formula is C22H26O4. The van der Waals surface area contributed by atoms with Crippen LogP contribution in [-0.2, 0) is 12.0 Å². The molecule has 138 valence electrons. The van der Waals surface area contributed by atoms with Crippen LogP contribution in [0.15, 0.2) is 30.3 Å². The Hall–Kier alpha value is -2.49. The Balaban J connectivity index is 2.16. The van der Waals surface area contributed by atoms with Gasteiger partial charge in [0.2, 0.25) is 0 Å². The Kier molecular flexibility index (Phi) is 4.94. The molecule has 0 saturated carbocycles. The fraction of sp³-hybridized carbons (Fsp3) is 0.409. The van der Waals surface area contributed by atoms with Crippen molar-refractivity contribution in [2.45, 2.75) is 59.0 Å². The minimum atomic E-state index is -1.31. The van der Waals surface area contributed by atoms with Crippen LogP contribution in [0.5, 0.6) is 11.5 Å². The lowest BCUT2D eigenvalue weighted by Gasteiger charge is -2.36. The van der Waals surface area contributed by atoms with Gasteiger partial charge in [-0.1, -0.05) is 43.5 Å². The third-order valence-electron chi connectivity index (χ3n) is 4.85. The van der Waals surface area contributed by atoms with E-state index in [-0.39, 0.29) is 0 Å². The van der Waals surface area contributed by atoms with Gasteiger partial charge in [0, 0.05) is 5.56 Å². The first-order chi connectivity index (χ1) is 12.3. The lowest BCUT2D eigenvalue weighted by Crippen LogP contribution is -2.29. The van der Waals surface area contributed by atoms with Crippen LogP contribution >= 0.6 is 0 Å². The molecule has 4 nitrogen and oxygen atoms in total. The van der Waals surface area contributed by atoms with Crippen LogP contribution < -0.4 is 9.47 Å². The Labute approximate surface area is 154 Å². The highest BCUT2D eigenvalue weighted by molar-refractivity contribution is 5.84. The maximum Gasteiger partial charge on any atom is 0.511 e. The Bertz CT molecular complexity index is 836. The van der Waals surface area contributed by atoms with Crippen LogP contribution in [-0.4, -0.2) is 11.3 Å². The van der Waals surface area contributed by atoms with Gasteiger partial charge in [0.1, 0.15) is 17.1 Å². The highest BCUT2D eigenvalue weighted by Gasteiger charge is 2.35. The van der Waals surface area contributed by atoms with E-state index in [0.29, 0.717) is 11.5 Å². The molecule has 0 spiro atoms. The van der Waals surface area contributed by atoms with Crippen molar-refractivity contribution in [3.63, 3.8) is 0 Å². The molecule has 3 rings (SSSR count). The molecular weight excluding hydrogens is 328 g/mol. The number of carbonyl (C=O) groups is 1. The summed E-state index contributed by atoms with van der Waals surface area (Å²) in [5, 5.41) is 9.22. The van der Waals surface area contributed by atoms with Crippen molar-refractivity contribution in [1.82, 2.24) is 0 Å². The second kappa shape index (κ2) is 7.02. The average Bonchev–Trinajstić information content (AvgIpc) is 2.53. The fourth-order valence-electron chi connectivity index (χ4n) is 3.61. The van der Waals surface area contributed by atoms with Crippen molar-refractivity contribution < 1.29 is 19.4 Å². The number of fused-ring (bicyclic) bond motifs is 3. The average molecular weight is 354 g/mol. The van der Waals surface area contributed by atoms with Crippen molar-refractivity contribution in [2.75, 3.05) is 0 Å². The number of hydrogen-bond donors (Lipinski definition) is 1. The van der Waals surface area contributed by atoms with Crippen LogP contribution in [0.4, 0.5) is 4.79 Å². The summed E-state index contributed by atoms with van der Waals surface area (Å²) in [5.41, 5.74) is 4.40. The minimum Gasteiger partial charge on any atom is -0.482 e. The molecule has 0 amide bonds. The van der Waals surface area contributed by atoms with Crippen molar-refractivity contribution in [3.8, 4) is 22.6 Å². The standard InChI is InChI=1S/C22H26O4/c1-5-6-7-8-15-12-18(25-21(23)24)20-16-11-14(2)9-10-17(16)22(3,4)26-19(20)13-15/h9-13H,5-8H2,1-4H3,(H,23,24). The second-order valence-electron chi connectivity index (χ2n) is 7.45. The lowest BCUT2D eigenvalue weighted by atomic mass is 9.84. The van der Waals surface area contributed by atoms with E-state index in [1.165, 1.54) is 0 Å². The van der Waals surface area contributed by atoms with Gasteiger partial charge >= 0.3 is 6.16 Å². The number of rotatable bonds is 5. The summed E-state index contributed by atoms with van der Waals surface area (Å²) in [4.78, 5) is 11.3. The second-order valence-corrected chi connectivity index (χ2v) is 7.45. The van der Waals surface area contributed by atoms with Gasteiger partial charge in [-0.25, -0.2) is 4.79 Å². The van der Waals surface area contributed by atoms with E-state index in [4.69, 9.17) is 9.47 Å². The number of aryl methyl sites for hydroxylation is 2. The maximum atomic E-state index is 11.3. The Morgan fingerprint density at radius 1 is 1.19 bits per heavy atom. The fourth-order valence-corrected chi connectivity index (χ4v) is 3.61. The zero-order valence-corrected chi connectivity index (χ0v) is 15.9. The van der Waals surface area contributed by atoms with Gasteiger partial charge in [0.05, 0.1) is 5.56 Å². The number of ether oxygens (including phenoxy) is 2. The number of benzene rings is 2. The molecule has 1 aliphatic heterocycles. The molecule has 1 N–H and O–H groups in total. The van der Waals surface area contributed by atoms with E-state index in [9.17, 15) is 9.90 Å². The topological polar surface area (TPSA) is 55.8 Å². The molecule has 2 aromatic carbocycles. The third-order valence-corrected chi connectivity index (χ3v) is 4.85. The zero-order chi connectivity index (χ0) is 18.9. The predicted molar refractivity (Wildman–Crippen MR) is 102 cm³/mol. The van der Waals surface area contributed by atoms with Crippen molar-refractivity contribution >= 4 is 6.16 Å². The number of unbranched alkanes of at least 4 members (excludes halogenated alkanes) is 2. The molecule has 0 atom stereocenters. The highest BCUT2D eigenvalue weighted by Crippen LogP contribution is 2.50. The maximum absolute atomic E-state index is 11.3. The molecule has 2 aromatic rings. The molecule has 0 unspecified atom stereocenters. The van der Waals surface area contributed by atoms with Crippen LogP contribution in [0, 0.1) is 6.92 Å². The molecule has 1 aliphatic rings. The first-order valence-electron chi connectivity index (χ1n) is 9.20. The van der Waals surface area contributed by atoms with Gasteiger partial charge in [-0.15, -0.1) is 0 Å². The largest absolute Gasteiger partial charge is 0.511 e. The first-order valence-corrected chi connectivity index (χ1v) is 9.20. The molecule has 4 heteroatoms. The monoisotopic (exact) mass is 354 g/mol. The minimum absolute atomic E-state index is 0.351. The summed E-state index contributed by atoms with van der Waals surface area (Å²) in [6.45, 7) is 8.26. The van der Waals surface area contributed by atoms with E-state index in [1.54, 1.807) is 0 Å². The molecule has 1 heterocycles. The summed E-state index contributed by atoms with van der Waals surface area (Å²) in [7, 11) is 0. The van der Waals surface area contributed by atoms with Crippen LogP contribution in [0.3, 0.4) is 0 Å². The van der Waals surface area contributed by atoms with Crippen molar-refractivity contribution in [1.29, 1.82) is 0 Å². The van der Waals surface area contributed by atoms with Gasteiger partial charge in [-0.05, 0) is 56.9 Å². The molecule has 0 bridgehead atoms. The van der Waals surface area contributed by atoms with Gasteiger partial charge < -0.3 is 14.6 Å². The van der Waals surface area contributed by atoms with E-state index >= 15 is 0 Å². The first kappa shape index (κ1) is 18.3. The van der Waals surface area contributed by atoms with Crippen LogP contribution in [0.1, 0.15) is 56.7 Å². The van der Waals surface area contributed by atoms with Gasteiger partial charge in [-0.2, -0.15) is 0 Å². The smallest absolute Gasteiger partial charge is 0.482 e. The number of carboxylic acid groups (broad SMARTS) is 1.